The van der Waals surface area contributed by atoms with E-state index in [4.69, 9.17) is 9.47 Å². The molecule has 1 aromatic carbocycles. The number of carbonyl (C=O) groups excluding carboxylic acids is 2. The highest BCUT2D eigenvalue weighted by Crippen LogP contribution is 2.31. The van der Waals surface area contributed by atoms with Gasteiger partial charge in [-0.15, -0.1) is 0 Å². The van der Waals surface area contributed by atoms with Gasteiger partial charge in [-0.1, -0.05) is 12.1 Å². The summed E-state index contributed by atoms with van der Waals surface area (Å²) in [4.78, 5) is 32.7. The maximum absolute atomic E-state index is 12.9. The van der Waals surface area contributed by atoms with Crippen LogP contribution in [-0.2, 0) is 11.3 Å². The van der Waals surface area contributed by atoms with Gasteiger partial charge < -0.3 is 19.3 Å². The van der Waals surface area contributed by atoms with Crippen LogP contribution in [0.1, 0.15) is 16.1 Å². The summed E-state index contributed by atoms with van der Waals surface area (Å²) in [5.74, 6) is 0.592. The number of hydrogen-bond acceptors (Lipinski definition) is 5. The number of likely N-dealkylation sites (N-methyl/N-ethyl adjacent to an activating group) is 1. The van der Waals surface area contributed by atoms with Gasteiger partial charge in [0.1, 0.15) is 12.2 Å². The van der Waals surface area contributed by atoms with Crippen LogP contribution in [0.2, 0.25) is 0 Å². The molecule has 0 atom stereocenters. The molecule has 2 aromatic rings. The van der Waals surface area contributed by atoms with E-state index in [1.807, 2.05) is 0 Å². The van der Waals surface area contributed by atoms with Gasteiger partial charge in [-0.3, -0.25) is 14.6 Å². The molecule has 130 valence electrons. The van der Waals surface area contributed by atoms with Crippen molar-refractivity contribution in [3.8, 4) is 11.5 Å². The molecule has 0 unspecified atom stereocenters. The van der Waals surface area contributed by atoms with Crippen LogP contribution in [0.15, 0.2) is 36.5 Å². The Morgan fingerprint density at radius 2 is 1.88 bits per heavy atom. The van der Waals surface area contributed by atoms with Crippen LogP contribution < -0.4 is 14.4 Å². The second kappa shape index (κ2) is 6.80. The summed E-state index contributed by atoms with van der Waals surface area (Å²) in [7, 11) is 4.72. The second-order valence-electron chi connectivity index (χ2n) is 5.62. The van der Waals surface area contributed by atoms with Gasteiger partial charge in [-0.05, 0) is 12.1 Å². The number of ether oxygens (including phenoxy) is 2. The number of hydrogen-bond donors (Lipinski definition) is 0. The van der Waals surface area contributed by atoms with Gasteiger partial charge in [0.05, 0.1) is 32.0 Å². The lowest BCUT2D eigenvalue weighted by Crippen LogP contribution is -2.37. The van der Waals surface area contributed by atoms with Crippen LogP contribution in [0.3, 0.4) is 0 Å². The number of benzene rings is 1. The lowest BCUT2D eigenvalue weighted by atomic mass is 10.1. The lowest BCUT2D eigenvalue weighted by molar-refractivity contribution is -0.119. The highest BCUT2D eigenvalue weighted by atomic mass is 16.5. The molecule has 0 bridgehead atoms. The number of amides is 2. The standard InChI is InChI=1S/C18H19N3O4/c1-20-14-7-5-4-6-12(14)18(23)21(11-16(20)22)10-13-17(25-3)15(24-2)8-9-19-13/h4-9H,10-11H2,1-3H3. The molecule has 25 heavy (non-hydrogen) atoms. The molecule has 0 saturated heterocycles. The maximum Gasteiger partial charge on any atom is 0.256 e. The fourth-order valence-corrected chi connectivity index (χ4v) is 2.86. The van der Waals surface area contributed by atoms with E-state index < -0.39 is 0 Å². The highest BCUT2D eigenvalue weighted by Gasteiger charge is 2.30. The summed E-state index contributed by atoms with van der Waals surface area (Å²) in [6, 6.07) is 8.75. The third kappa shape index (κ3) is 3.00. The second-order valence-corrected chi connectivity index (χ2v) is 5.62. The van der Waals surface area contributed by atoms with Gasteiger partial charge >= 0.3 is 0 Å². The Hall–Kier alpha value is -3.09. The summed E-state index contributed by atoms with van der Waals surface area (Å²) < 4.78 is 10.6. The van der Waals surface area contributed by atoms with Crippen molar-refractivity contribution in [3.63, 3.8) is 0 Å². The van der Waals surface area contributed by atoms with E-state index in [1.54, 1.807) is 43.6 Å². The summed E-state index contributed by atoms with van der Waals surface area (Å²) in [6.45, 7) is 0.110. The van der Waals surface area contributed by atoms with Gasteiger partial charge in [0, 0.05) is 19.3 Å². The van der Waals surface area contributed by atoms with E-state index in [9.17, 15) is 9.59 Å². The first-order chi connectivity index (χ1) is 12.1. The molecular weight excluding hydrogens is 322 g/mol. The van der Waals surface area contributed by atoms with Crippen molar-refractivity contribution >= 4 is 17.5 Å². The number of carbonyl (C=O) groups is 2. The van der Waals surface area contributed by atoms with Gasteiger partial charge in [-0.25, -0.2) is 0 Å². The molecule has 1 aliphatic rings. The quantitative estimate of drug-likeness (QED) is 0.847. The Balaban J connectivity index is 1.99. The molecule has 0 aliphatic carbocycles. The topological polar surface area (TPSA) is 72.0 Å². The van der Waals surface area contributed by atoms with Crippen LogP contribution in [0.5, 0.6) is 11.5 Å². The third-order valence-electron chi connectivity index (χ3n) is 4.19. The van der Waals surface area contributed by atoms with Crippen LogP contribution in [0.25, 0.3) is 0 Å². The molecule has 3 rings (SSSR count). The SMILES string of the molecule is COc1ccnc(CN2CC(=O)N(C)c3ccccc3C2=O)c1OC. The Morgan fingerprint density at radius 3 is 2.60 bits per heavy atom. The Kier molecular flexibility index (Phi) is 4.56. The van der Waals surface area contributed by atoms with E-state index in [0.29, 0.717) is 28.4 Å². The predicted molar refractivity (Wildman–Crippen MR) is 91.9 cm³/mol. The average Bonchev–Trinajstić information content (AvgIpc) is 2.73. The zero-order chi connectivity index (χ0) is 18.0. The van der Waals surface area contributed by atoms with Crippen molar-refractivity contribution in [2.45, 2.75) is 6.54 Å². The van der Waals surface area contributed by atoms with E-state index in [-0.39, 0.29) is 24.9 Å². The monoisotopic (exact) mass is 341 g/mol. The predicted octanol–water partition coefficient (Wildman–Crippen LogP) is 1.72. The third-order valence-corrected chi connectivity index (χ3v) is 4.19. The lowest BCUT2D eigenvalue weighted by Gasteiger charge is -2.21. The van der Waals surface area contributed by atoms with Crippen LogP contribution in [-0.4, -0.2) is 49.5 Å². The van der Waals surface area contributed by atoms with Gasteiger partial charge in [0.15, 0.2) is 11.5 Å². The Morgan fingerprint density at radius 1 is 1.12 bits per heavy atom. The fraction of sp³-hybridized carbons (Fsp3) is 0.278. The molecular formula is C18H19N3O4. The molecule has 7 heteroatoms. The summed E-state index contributed by atoms with van der Waals surface area (Å²) in [5.41, 5.74) is 1.62. The highest BCUT2D eigenvalue weighted by molar-refractivity contribution is 6.09. The molecule has 0 radical (unpaired) electrons. The minimum atomic E-state index is -0.222. The maximum atomic E-state index is 12.9. The first-order valence-electron chi connectivity index (χ1n) is 7.77. The molecule has 1 aliphatic heterocycles. The van der Waals surface area contributed by atoms with Crippen molar-refractivity contribution < 1.29 is 19.1 Å². The van der Waals surface area contributed by atoms with Crippen molar-refractivity contribution in [1.82, 2.24) is 9.88 Å². The Bertz CT molecular complexity index is 822. The van der Waals surface area contributed by atoms with E-state index >= 15 is 0 Å². The molecule has 1 aromatic heterocycles. The van der Waals surface area contributed by atoms with Gasteiger partial charge in [-0.2, -0.15) is 0 Å². The molecule has 0 fully saturated rings. The van der Waals surface area contributed by atoms with E-state index in [1.165, 1.54) is 24.0 Å². The van der Waals surface area contributed by atoms with E-state index in [2.05, 4.69) is 4.98 Å². The first kappa shape index (κ1) is 16.8. The summed E-state index contributed by atoms with van der Waals surface area (Å²) in [6.07, 6.45) is 1.58. The van der Waals surface area contributed by atoms with Crippen LogP contribution in [0, 0.1) is 0 Å². The molecule has 0 spiro atoms. The molecule has 0 N–H and O–H groups in total. The molecule has 7 nitrogen and oxygen atoms in total. The van der Waals surface area contributed by atoms with Crippen molar-refractivity contribution in [3.05, 3.63) is 47.8 Å². The number of methoxy groups -OCH3 is 2. The minimum absolute atomic E-state index is 0.0357. The zero-order valence-electron chi connectivity index (χ0n) is 14.4. The Labute approximate surface area is 145 Å². The van der Waals surface area contributed by atoms with Crippen LogP contribution >= 0.6 is 0 Å². The minimum Gasteiger partial charge on any atom is -0.493 e. The molecule has 2 heterocycles. The number of nitrogens with zero attached hydrogens (tertiary/aromatic N) is 3. The largest absolute Gasteiger partial charge is 0.493 e. The average molecular weight is 341 g/mol. The van der Waals surface area contributed by atoms with Crippen LogP contribution in [0.4, 0.5) is 5.69 Å². The fourth-order valence-electron chi connectivity index (χ4n) is 2.86. The summed E-state index contributed by atoms with van der Waals surface area (Å²) >= 11 is 0. The summed E-state index contributed by atoms with van der Waals surface area (Å²) in [5, 5.41) is 0. The number of rotatable bonds is 4. The molecule has 0 saturated carbocycles. The zero-order valence-corrected chi connectivity index (χ0v) is 14.4. The number of fused-ring (bicyclic) bond motifs is 1. The van der Waals surface area contributed by atoms with Gasteiger partial charge in [0.25, 0.3) is 5.91 Å². The molecule has 2 amide bonds. The number of anilines is 1. The first-order valence-corrected chi connectivity index (χ1v) is 7.77. The van der Waals surface area contributed by atoms with E-state index in [0.717, 1.165) is 0 Å². The van der Waals surface area contributed by atoms with Crippen molar-refractivity contribution in [1.29, 1.82) is 0 Å². The smallest absolute Gasteiger partial charge is 0.256 e. The van der Waals surface area contributed by atoms with Crippen molar-refractivity contribution in [2.24, 2.45) is 0 Å². The van der Waals surface area contributed by atoms with Crippen molar-refractivity contribution in [2.75, 3.05) is 32.7 Å². The van der Waals surface area contributed by atoms with Gasteiger partial charge in [0.2, 0.25) is 5.91 Å². The number of para-hydroxylation sites is 1. The normalized spacial score (nSPS) is 14.2. The number of aromatic nitrogens is 1. The number of pyridine rings is 1.